The molecule has 5 nitrogen and oxygen atoms in total. The third-order valence-electron chi connectivity index (χ3n) is 3.45. The molecule has 98 valence electrons. The van der Waals surface area contributed by atoms with Gasteiger partial charge in [-0.25, -0.2) is 4.98 Å². The summed E-state index contributed by atoms with van der Waals surface area (Å²) < 4.78 is 5.79. The molecule has 2 saturated heterocycles. The van der Waals surface area contributed by atoms with E-state index < -0.39 is 5.97 Å². The van der Waals surface area contributed by atoms with Gasteiger partial charge in [-0.15, -0.1) is 11.3 Å². The number of ether oxygens (including phenoxy) is 1. The number of aromatic nitrogens is 1. The van der Waals surface area contributed by atoms with E-state index in [1.54, 1.807) is 11.3 Å². The molecule has 0 radical (unpaired) electrons. The van der Waals surface area contributed by atoms with E-state index in [4.69, 9.17) is 9.84 Å². The molecule has 1 aromatic rings. The highest BCUT2D eigenvalue weighted by Crippen LogP contribution is 2.31. The molecule has 3 heterocycles. The number of fused-ring (bicyclic) bond motifs is 2. The van der Waals surface area contributed by atoms with Crippen molar-refractivity contribution in [3.05, 3.63) is 11.1 Å². The van der Waals surface area contributed by atoms with Crippen molar-refractivity contribution in [3.8, 4) is 0 Å². The topological polar surface area (TPSA) is 62.7 Å². The third kappa shape index (κ3) is 2.49. The Labute approximate surface area is 109 Å². The number of hydrogen-bond donors (Lipinski definition) is 1. The molecule has 2 unspecified atom stereocenters. The molecular weight excluding hydrogens is 252 g/mol. The van der Waals surface area contributed by atoms with E-state index in [0.29, 0.717) is 18.6 Å². The van der Waals surface area contributed by atoms with Crippen LogP contribution in [0.15, 0.2) is 5.38 Å². The van der Waals surface area contributed by atoms with Crippen LogP contribution in [0.2, 0.25) is 0 Å². The first kappa shape index (κ1) is 11.9. The molecule has 3 rings (SSSR count). The lowest BCUT2D eigenvalue weighted by Gasteiger charge is -2.31. The number of morpholine rings is 1. The largest absolute Gasteiger partial charge is 0.481 e. The molecule has 6 heteroatoms. The van der Waals surface area contributed by atoms with Gasteiger partial charge in [0, 0.05) is 24.9 Å². The Morgan fingerprint density at radius 3 is 2.89 bits per heavy atom. The minimum absolute atomic E-state index is 0.150. The number of carbonyl (C=O) groups is 1. The lowest BCUT2D eigenvalue weighted by atomic mass is 10.2. The molecule has 0 amide bonds. The van der Waals surface area contributed by atoms with Crippen LogP contribution in [0.5, 0.6) is 0 Å². The molecule has 2 bridgehead atoms. The van der Waals surface area contributed by atoms with Crippen molar-refractivity contribution in [1.29, 1.82) is 0 Å². The zero-order valence-corrected chi connectivity index (χ0v) is 10.9. The van der Waals surface area contributed by atoms with E-state index in [9.17, 15) is 4.79 Å². The van der Waals surface area contributed by atoms with Crippen LogP contribution in [-0.2, 0) is 16.0 Å². The van der Waals surface area contributed by atoms with Crippen molar-refractivity contribution < 1.29 is 14.6 Å². The Bertz CT molecular complexity index is 436. The highest BCUT2D eigenvalue weighted by atomic mass is 32.1. The van der Waals surface area contributed by atoms with Gasteiger partial charge in [0.15, 0.2) is 5.13 Å². The zero-order chi connectivity index (χ0) is 12.5. The van der Waals surface area contributed by atoms with Gasteiger partial charge < -0.3 is 14.7 Å². The smallest absolute Gasteiger partial charge is 0.303 e. The minimum atomic E-state index is -0.769. The van der Waals surface area contributed by atoms with Gasteiger partial charge in [0.05, 0.1) is 24.3 Å². The first-order valence-electron chi connectivity index (χ1n) is 6.27. The van der Waals surface area contributed by atoms with Crippen molar-refractivity contribution in [2.24, 2.45) is 0 Å². The number of rotatable bonds is 4. The Morgan fingerprint density at radius 1 is 1.50 bits per heavy atom. The summed E-state index contributed by atoms with van der Waals surface area (Å²) in [6.07, 6.45) is 3.68. The molecule has 2 atom stereocenters. The van der Waals surface area contributed by atoms with Crippen molar-refractivity contribution >= 4 is 22.4 Å². The van der Waals surface area contributed by atoms with Gasteiger partial charge in [-0.2, -0.15) is 0 Å². The van der Waals surface area contributed by atoms with E-state index >= 15 is 0 Å². The van der Waals surface area contributed by atoms with E-state index in [1.807, 2.05) is 5.38 Å². The van der Waals surface area contributed by atoms with Gasteiger partial charge >= 0.3 is 5.97 Å². The van der Waals surface area contributed by atoms with Crippen molar-refractivity contribution in [1.82, 2.24) is 4.98 Å². The van der Waals surface area contributed by atoms with Crippen molar-refractivity contribution in [2.45, 2.75) is 37.9 Å². The van der Waals surface area contributed by atoms with E-state index in [1.165, 1.54) is 0 Å². The second kappa shape index (κ2) is 4.85. The summed E-state index contributed by atoms with van der Waals surface area (Å²) in [5.41, 5.74) is 0.885. The molecule has 0 aliphatic carbocycles. The summed E-state index contributed by atoms with van der Waals surface area (Å²) in [5.74, 6) is -0.769. The fourth-order valence-corrected chi connectivity index (χ4v) is 3.44. The molecule has 18 heavy (non-hydrogen) atoms. The third-order valence-corrected chi connectivity index (χ3v) is 4.40. The average molecular weight is 268 g/mol. The summed E-state index contributed by atoms with van der Waals surface area (Å²) in [6.45, 7) is 1.84. The van der Waals surface area contributed by atoms with Gasteiger partial charge in [0.2, 0.25) is 0 Å². The fourth-order valence-electron chi connectivity index (χ4n) is 2.56. The first-order chi connectivity index (χ1) is 8.70. The second-order valence-electron chi connectivity index (χ2n) is 4.88. The van der Waals surface area contributed by atoms with Crippen LogP contribution in [0.3, 0.4) is 0 Å². The molecular formula is C12H16N2O3S. The van der Waals surface area contributed by atoms with Gasteiger partial charge in [-0.3, -0.25) is 4.79 Å². The summed E-state index contributed by atoms with van der Waals surface area (Å²) in [5, 5.41) is 11.6. The molecule has 2 aliphatic heterocycles. The molecule has 0 spiro atoms. The highest BCUT2D eigenvalue weighted by Gasteiger charge is 2.34. The molecule has 0 saturated carbocycles. The van der Waals surface area contributed by atoms with Crippen LogP contribution in [-0.4, -0.2) is 41.4 Å². The van der Waals surface area contributed by atoms with Crippen molar-refractivity contribution in [2.75, 3.05) is 18.0 Å². The molecule has 1 aromatic heterocycles. The van der Waals surface area contributed by atoms with Crippen LogP contribution in [0.25, 0.3) is 0 Å². The van der Waals surface area contributed by atoms with Crippen LogP contribution >= 0.6 is 11.3 Å². The maximum absolute atomic E-state index is 10.5. The van der Waals surface area contributed by atoms with Crippen molar-refractivity contribution in [3.63, 3.8) is 0 Å². The second-order valence-corrected chi connectivity index (χ2v) is 5.71. The Hall–Kier alpha value is -1.14. The number of nitrogens with zero attached hydrogens (tertiary/aromatic N) is 2. The lowest BCUT2D eigenvalue weighted by molar-refractivity contribution is -0.136. The van der Waals surface area contributed by atoms with Gasteiger partial charge in [0.25, 0.3) is 0 Å². The fraction of sp³-hybridized carbons (Fsp3) is 0.667. The maximum atomic E-state index is 10.5. The molecule has 0 aromatic carbocycles. The van der Waals surface area contributed by atoms with E-state index in [2.05, 4.69) is 9.88 Å². The standard InChI is InChI=1S/C12H16N2O3S/c15-11(16)4-1-8-7-18-12(13-8)14-5-9-2-3-10(6-14)17-9/h7,9-10H,1-6H2,(H,15,16). The summed E-state index contributed by atoms with van der Waals surface area (Å²) in [7, 11) is 0. The monoisotopic (exact) mass is 268 g/mol. The number of carboxylic acid groups (broad SMARTS) is 1. The van der Waals surface area contributed by atoms with Crippen LogP contribution in [0, 0.1) is 0 Å². The van der Waals surface area contributed by atoms with Crippen LogP contribution in [0.4, 0.5) is 5.13 Å². The van der Waals surface area contributed by atoms with Gasteiger partial charge in [-0.05, 0) is 12.8 Å². The SMILES string of the molecule is O=C(O)CCc1csc(N2CC3CCC(C2)O3)n1. The molecule has 2 aliphatic rings. The number of aryl methyl sites for hydroxylation is 1. The molecule has 2 fully saturated rings. The zero-order valence-electron chi connectivity index (χ0n) is 10.0. The minimum Gasteiger partial charge on any atom is -0.481 e. The first-order valence-corrected chi connectivity index (χ1v) is 7.15. The normalized spacial score (nSPS) is 26.6. The average Bonchev–Trinajstić information content (AvgIpc) is 2.94. The lowest BCUT2D eigenvalue weighted by Crippen LogP contribution is -2.42. The maximum Gasteiger partial charge on any atom is 0.303 e. The Balaban J connectivity index is 1.64. The predicted octanol–water partition coefficient (Wildman–Crippen LogP) is 1.53. The predicted molar refractivity (Wildman–Crippen MR) is 68.2 cm³/mol. The number of aliphatic carboxylic acids is 1. The van der Waals surface area contributed by atoms with Gasteiger partial charge in [-0.1, -0.05) is 0 Å². The van der Waals surface area contributed by atoms with E-state index in [-0.39, 0.29) is 6.42 Å². The summed E-state index contributed by atoms with van der Waals surface area (Å²) >= 11 is 1.61. The summed E-state index contributed by atoms with van der Waals surface area (Å²) in [6, 6.07) is 0. The number of thiazole rings is 1. The summed E-state index contributed by atoms with van der Waals surface area (Å²) in [4.78, 5) is 17.3. The van der Waals surface area contributed by atoms with E-state index in [0.717, 1.165) is 36.8 Å². The Morgan fingerprint density at radius 2 is 2.22 bits per heavy atom. The number of anilines is 1. The Kier molecular flexibility index (Phi) is 3.22. The van der Waals surface area contributed by atoms with Gasteiger partial charge in [0.1, 0.15) is 0 Å². The highest BCUT2D eigenvalue weighted by molar-refractivity contribution is 7.13. The molecule has 1 N–H and O–H groups in total. The number of hydrogen-bond acceptors (Lipinski definition) is 5. The number of carboxylic acids is 1. The quantitative estimate of drug-likeness (QED) is 0.897. The van der Waals surface area contributed by atoms with Crippen LogP contribution in [0.1, 0.15) is 25.0 Å². The van der Waals surface area contributed by atoms with Crippen LogP contribution < -0.4 is 4.90 Å².